The van der Waals surface area contributed by atoms with Gasteiger partial charge in [-0.05, 0) is 245 Å². The summed E-state index contributed by atoms with van der Waals surface area (Å²) >= 11 is 20.0. The number of carbonyl (C=O) groups is 7. The molecule has 0 aliphatic carbocycles. The molecule has 6 atom stereocenters. The van der Waals surface area contributed by atoms with Crippen LogP contribution in [0.25, 0.3) is 0 Å². The number of anilines is 4. The molecule has 0 saturated carbocycles. The second-order valence-corrected chi connectivity index (χ2v) is 38.8. The van der Waals surface area contributed by atoms with E-state index in [-0.39, 0.29) is 50.8 Å². The Morgan fingerprint density at radius 3 is 0.906 bits per heavy atom. The standard InChI is InChI=1S/C16H21BrN2O6.C14H17Br2NO5.C14H19Br2NO3.C14H19BrN2O5.C14H19NO5.C14H21NO3/c1-8-12(14(15(21)24-6)25-16(3,4)5)10(17)7-11(18-9(2)20)13(8)19(22)23;1-7-10(8(15)6-9(16)11(7)17(19)20)12(13(18)21-5)22-14(2,3)4;1-7-10(8(15)6-9(16)11(7)17)12(13(18)19-5)20-14(2,3)4;1-7-10(8(15)6-9(16)11(7)17(19)20)12(13(18)21-5)22-14(2,3)4;1-9-10(7-6-8-11(9)15(17)18)12(13(16)19-5)20-14(2,3)4;1-9-10(7-6-8-11(9)15)12(13(16)17-5)18-14(2,3)4/h7,14H,1-6H3,(H,18,20);6,12H,1-5H3;6,12H,17H2,1-5H3;6,12H,16H2,1-5H3;6-8,12H,1-5H3;6-8,12H,15H2,1-5H3/t14-;5*12-/m000000/s1. The first-order valence-electron chi connectivity index (χ1n) is 38.4. The van der Waals surface area contributed by atoms with Crippen LogP contribution in [0.5, 0.6) is 0 Å². The van der Waals surface area contributed by atoms with Gasteiger partial charge in [0.2, 0.25) is 5.91 Å². The Morgan fingerprint density at radius 2 is 0.598 bits per heavy atom. The summed E-state index contributed by atoms with van der Waals surface area (Å²) in [5, 5.41) is 47.4. The lowest BCUT2D eigenvalue weighted by molar-refractivity contribution is -0.386. The lowest BCUT2D eigenvalue weighted by atomic mass is 9.99. The molecule has 0 unspecified atom stereocenters. The molecule has 6 aromatic carbocycles. The van der Waals surface area contributed by atoms with Crippen molar-refractivity contribution in [2.24, 2.45) is 0 Å². The molecule has 0 radical (unpaired) electrons. The van der Waals surface area contributed by atoms with Gasteiger partial charge in [-0.25, -0.2) is 28.8 Å². The van der Waals surface area contributed by atoms with Crippen molar-refractivity contribution in [1.82, 2.24) is 0 Å². The SMILES string of the molecule is COC(=O)[C@@H](OC(C)(C)C)c1c(Br)cc(Br)c(N)c1C.COC(=O)[C@@H](OC(C)(C)C)c1c(Br)cc(Br)c([N+](=O)[O-])c1C.COC(=O)[C@@H](OC(C)(C)C)c1c(Br)cc(N)c([N+](=O)[O-])c1C.COC(=O)[C@@H](OC(C)(C)C)c1c(Br)cc(NC(C)=O)c([N+](=O)[O-])c1C.COC(=O)[C@@H](OC(C)(C)C)c1cccc(N)c1C.COC(=O)[C@@H](OC(C)(C)C)c1cccc([N+](=O)[O-])c1C. The largest absolute Gasteiger partial charge is 0.467 e. The summed E-state index contributed by atoms with van der Waals surface area (Å²) in [7, 11) is 7.64. The summed E-state index contributed by atoms with van der Waals surface area (Å²) in [6, 6.07) is 16.1. The molecule has 7 N–H and O–H groups in total. The van der Waals surface area contributed by atoms with Gasteiger partial charge in [-0.2, -0.15) is 0 Å². The van der Waals surface area contributed by atoms with E-state index in [1.807, 2.05) is 61.5 Å². The smallest absolute Gasteiger partial charge is 0.339 e. The van der Waals surface area contributed by atoms with Crippen molar-refractivity contribution in [1.29, 1.82) is 0 Å². The monoisotopic (exact) mass is 2170 g/mol. The van der Waals surface area contributed by atoms with E-state index in [2.05, 4.69) is 101 Å². The lowest BCUT2D eigenvalue weighted by Gasteiger charge is -2.28. The van der Waals surface area contributed by atoms with Gasteiger partial charge in [0.15, 0.2) is 36.6 Å². The average Bonchev–Trinajstić information content (AvgIpc) is 0.773. The molecule has 0 aliphatic heterocycles. The van der Waals surface area contributed by atoms with Crippen LogP contribution in [-0.4, -0.2) is 138 Å². The normalized spacial score (nSPS) is 12.9. The van der Waals surface area contributed by atoms with E-state index in [1.54, 1.807) is 121 Å². The number of nitrogen functional groups attached to an aromatic ring is 3. The number of carbonyl (C=O) groups excluding carboxylic acids is 7. The van der Waals surface area contributed by atoms with Crippen LogP contribution in [0.3, 0.4) is 0 Å². The van der Waals surface area contributed by atoms with Crippen molar-refractivity contribution in [3.63, 3.8) is 0 Å². The number of benzene rings is 6. The predicted molar refractivity (Wildman–Crippen MR) is 501 cm³/mol. The molecule has 0 bridgehead atoms. The van der Waals surface area contributed by atoms with Crippen molar-refractivity contribution in [2.75, 3.05) is 65.2 Å². The van der Waals surface area contributed by atoms with E-state index in [0.29, 0.717) is 62.6 Å². The first-order valence-corrected chi connectivity index (χ1v) is 43.1. The molecule has 704 valence electrons. The second-order valence-electron chi connectivity index (χ2n) is 33.7. The number of hydrogen-bond donors (Lipinski definition) is 4. The highest BCUT2D eigenvalue weighted by molar-refractivity contribution is 9.11. The number of ether oxygens (including phenoxy) is 12. The van der Waals surface area contributed by atoms with Crippen molar-refractivity contribution in [3.8, 4) is 0 Å². The highest BCUT2D eigenvalue weighted by atomic mass is 79.9. The quantitative estimate of drug-likeness (QED) is 0.0152. The minimum atomic E-state index is -1.16. The van der Waals surface area contributed by atoms with E-state index in [9.17, 15) is 74.0 Å². The third kappa shape index (κ3) is 35.6. The zero-order chi connectivity index (χ0) is 99.1. The Morgan fingerprint density at radius 1 is 0.331 bits per heavy atom. The molecule has 41 heteroatoms. The second kappa shape index (κ2) is 49.3. The van der Waals surface area contributed by atoms with Crippen LogP contribution in [-0.2, 0) is 90.4 Å². The summed E-state index contributed by atoms with van der Waals surface area (Å²) < 4.78 is 66.6. The van der Waals surface area contributed by atoms with Crippen molar-refractivity contribution < 1.29 is 110 Å². The number of nitro benzene ring substituents is 4. The molecule has 0 aromatic heterocycles. The van der Waals surface area contributed by atoms with Crippen molar-refractivity contribution in [3.05, 3.63) is 195 Å². The summed E-state index contributed by atoms with van der Waals surface area (Å²) in [5.41, 5.74) is 20.3. The minimum absolute atomic E-state index is 0.0116. The van der Waals surface area contributed by atoms with Gasteiger partial charge in [0.05, 0.1) is 100 Å². The van der Waals surface area contributed by atoms with Crippen LogP contribution in [0.4, 0.5) is 45.5 Å². The number of hydrogen-bond acceptors (Lipinski definition) is 30. The number of halogens is 6. The van der Waals surface area contributed by atoms with E-state index in [0.717, 1.165) is 25.6 Å². The Hall–Kier alpha value is -8.75. The van der Waals surface area contributed by atoms with Crippen LogP contribution < -0.4 is 22.5 Å². The van der Waals surface area contributed by atoms with E-state index in [4.69, 9.17) is 74.0 Å². The van der Waals surface area contributed by atoms with Gasteiger partial charge in [0, 0.05) is 96.8 Å². The maximum atomic E-state index is 12.2. The molecule has 0 fully saturated rings. The van der Waals surface area contributed by atoms with Crippen LogP contribution in [0.1, 0.15) is 235 Å². The number of nitrogens with one attached hydrogen (secondary N) is 1. The maximum Gasteiger partial charge on any atom is 0.339 e. The van der Waals surface area contributed by atoms with E-state index >= 15 is 0 Å². The van der Waals surface area contributed by atoms with Gasteiger partial charge in [-0.1, -0.05) is 88.0 Å². The summed E-state index contributed by atoms with van der Waals surface area (Å²) in [6.45, 7) is 43.9. The highest BCUT2D eigenvalue weighted by Gasteiger charge is 2.41. The molecule has 0 spiro atoms. The molecule has 0 heterocycles. The summed E-state index contributed by atoms with van der Waals surface area (Å²) in [6.07, 6.45) is -5.89. The predicted octanol–water partition coefficient (Wildman–Crippen LogP) is 21.1. The number of amides is 1. The van der Waals surface area contributed by atoms with Crippen molar-refractivity contribution >= 4 is 183 Å². The molecule has 6 rings (SSSR count). The van der Waals surface area contributed by atoms with Gasteiger partial charge >= 0.3 is 35.8 Å². The fraction of sp³-hybridized carbons (Fsp3) is 0.500. The molecule has 127 heavy (non-hydrogen) atoms. The number of rotatable bonds is 23. The highest BCUT2D eigenvalue weighted by Crippen LogP contribution is 2.46. The third-order valence-corrected chi connectivity index (χ3v) is 20.8. The molecule has 0 saturated heterocycles. The minimum Gasteiger partial charge on any atom is -0.467 e. The summed E-state index contributed by atoms with van der Waals surface area (Å²) in [5.74, 6) is -3.83. The fourth-order valence-electron chi connectivity index (χ4n) is 11.6. The van der Waals surface area contributed by atoms with Gasteiger partial charge in [0.25, 0.3) is 22.7 Å². The average molecular weight is 2170 g/mol. The third-order valence-electron chi connectivity index (χ3n) is 16.9. The van der Waals surface area contributed by atoms with E-state index < -0.39 is 132 Å². The molecule has 0 aliphatic rings. The Kier molecular flexibility index (Phi) is 45.1. The number of nitrogens with two attached hydrogens (primary N) is 3. The van der Waals surface area contributed by atoms with Crippen LogP contribution in [0.15, 0.2) is 87.5 Å². The van der Waals surface area contributed by atoms with Crippen LogP contribution in [0.2, 0.25) is 0 Å². The zero-order valence-corrected chi connectivity index (χ0v) is 86.6. The first kappa shape index (κ1) is 116. The molecule has 35 nitrogen and oxygen atoms in total. The molecule has 6 aromatic rings. The Bertz CT molecular complexity index is 4880. The number of nitro groups is 4. The number of nitrogens with zero attached hydrogens (tertiary/aromatic N) is 4. The van der Waals surface area contributed by atoms with Gasteiger partial charge in [-0.15, -0.1) is 0 Å². The maximum absolute atomic E-state index is 12.2. The first-order chi connectivity index (χ1) is 57.9. The fourth-order valence-corrected chi connectivity index (χ4v) is 16.4. The number of methoxy groups -OCH3 is 6. The lowest BCUT2D eigenvalue weighted by Crippen LogP contribution is -2.29. The van der Waals surface area contributed by atoms with Gasteiger partial charge in [0.1, 0.15) is 11.4 Å². The molecule has 1 amide bonds. The van der Waals surface area contributed by atoms with Crippen LogP contribution in [0, 0.1) is 82.0 Å². The Balaban J connectivity index is 0.000000764. The van der Waals surface area contributed by atoms with Crippen molar-refractivity contribution in [2.45, 2.75) is 243 Å². The Labute approximate surface area is 790 Å². The zero-order valence-electron chi connectivity index (χ0n) is 77.0. The van der Waals surface area contributed by atoms with Gasteiger partial charge < -0.3 is 79.4 Å². The van der Waals surface area contributed by atoms with E-state index in [1.165, 1.54) is 93.8 Å². The molecular formula is C86H116Br6N8O27. The van der Waals surface area contributed by atoms with Crippen LogP contribution >= 0.6 is 95.6 Å². The van der Waals surface area contributed by atoms with Gasteiger partial charge in [-0.3, -0.25) is 45.3 Å². The topological polar surface area (TPSA) is 493 Å². The summed E-state index contributed by atoms with van der Waals surface area (Å²) in [4.78, 5) is 126. The number of esters is 6. The molecular weight excluding hydrogens is 2060 g/mol.